The molecule has 1 aliphatic heterocycles. The summed E-state index contributed by atoms with van der Waals surface area (Å²) in [7, 11) is 3.34. The number of hydrogen-bond donors (Lipinski definition) is 1. The summed E-state index contributed by atoms with van der Waals surface area (Å²) in [6.07, 6.45) is 1.87. The second kappa shape index (κ2) is 11.6. The van der Waals surface area contributed by atoms with Crippen LogP contribution in [0.5, 0.6) is 0 Å². The summed E-state index contributed by atoms with van der Waals surface area (Å²) in [5, 5.41) is 8.03. The maximum Gasteiger partial charge on any atom is 0.336 e. The van der Waals surface area contributed by atoms with E-state index in [0.717, 1.165) is 23.3 Å². The fourth-order valence-corrected chi connectivity index (χ4v) is 5.04. The van der Waals surface area contributed by atoms with E-state index in [-0.39, 0.29) is 12.5 Å². The molecular weight excluding hydrogens is 480 g/mol. The summed E-state index contributed by atoms with van der Waals surface area (Å²) in [4.78, 5) is 28.9. The minimum atomic E-state index is -0.685. The molecule has 8 nitrogen and oxygen atoms in total. The third kappa shape index (κ3) is 5.50. The molecular formula is C30H36N4O4. The number of carbonyl (C=O) groups is 2. The highest BCUT2D eigenvalue weighted by Crippen LogP contribution is 2.43. The van der Waals surface area contributed by atoms with Gasteiger partial charge in [-0.2, -0.15) is 5.10 Å². The Balaban J connectivity index is 1.68. The van der Waals surface area contributed by atoms with Crippen molar-refractivity contribution in [3.05, 3.63) is 94.1 Å². The lowest BCUT2D eigenvalue weighted by Crippen LogP contribution is -2.33. The number of hydrogen-bond acceptors (Lipinski definition) is 7. The van der Waals surface area contributed by atoms with E-state index >= 15 is 0 Å². The molecule has 0 fully saturated rings. The Kier molecular flexibility index (Phi) is 8.32. The summed E-state index contributed by atoms with van der Waals surface area (Å²) in [6.45, 7) is 9.30. The SMILES string of the molecule is COC(=O)C1=C(C)NC(C)=C(C(=O)OCCN(C)Cc2ccccc2)C1c1c(C(C)C)nn2ccccc12. The first-order chi connectivity index (χ1) is 18.2. The Morgan fingerprint density at radius 1 is 1.03 bits per heavy atom. The van der Waals surface area contributed by atoms with Crippen LogP contribution in [0.4, 0.5) is 0 Å². The maximum atomic E-state index is 13.7. The van der Waals surface area contributed by atoms with Crippen LogP contribution < -0.4 is 5.32 Å². The number of pyridine rings is 1. The molecule has 200 valence electrons. The van der Waals surface area contributed by atoms with Gasteiger partial charge in [-0.1, -0.05) is 50.2 Å². The Labute approximate surface area is 223 Å². The first-order valence-corrected chi connectivity index (χ1v) is 12.9. The van der Waals surface area contributed by atoms with Gasteiger partial charge in [-0.3, -0.25) is 4.90 Å². The predicted molar refractivity (Wildman–Crippen MR) is 146 cm³/mol. The molecule has 0 spiro atoms. The van der Waals surface area contributed by atoms with E-state index in [1.54, 1.807) is 4.52 Å². The van der Waals surface area contributed by atoms with Crippen molar-refractivity contribution in [1.82, 2.24) is 19.8 Å². The van der Waals surface area contributed by atoms with Crippen LogP contribution in [0.2, 0.25) is 0 Å². The number of allylic oxidation sites excluding steroid dienone is 2. The maximum absolute atomic E-state index is 13.7. The van der Waals surface area contributed by atoms with Gasteiger partial charge in [0.2, 0.25) is 0 Å². The summed E-state index contributed by atoms with van der Waals surface area (Å²) in [6, 6.07) is 15.9. The van der Waals surface area contributed by atoms with E-state index in [1.165, 1.54) is 12.7 Å². The normalized spacial score (nSPS) is 15.8. The first kappa shape index (κ1) is 27.1. The number of fused-ring (bicyclic) bond motifs is 1. The van der Waals surface area contributed by atoms with Crippen molar-refractivity contribution < 1.29 is 19.1 Å². The average Bonchev–Trinajstić information content (AvgIpc) is 3.28. The fraction of sp³-hybridized carbons (Fsp3) is 0.367. The molecule has 3 heterocycles. The van der Waals surface area contributed by atoms with Gasteiger partial charge in [0.1, 0.15) is 6.61 Å². The van der Waals surface area contributed by atoms with Gasteiger partial charge in [-0.05, 0) is 44.5 Å². The quantitative estimate of drug-likeness (QED) is 0.418. The molecule has 1 atom stereocenters. The monoisotopic (exact) mass is 516 g/mol. The van der Waals surface area contributed by atoms with E-state index in [1.807, 2.05) is 63.5 Å². The highest BCUT2D eigenvalue weighted by molar-refractivity contribution is 6.00. The molecule has 1 N–H and O–H groups in total. The second-order valence-electron chi connectivity index (χ2n) is 9.97. The van der Waals surface area contributed by atoms with Crippen molar-refractivity contribution in [1.29, 1.82) is 0 Å². The average molecular weight is 517 g/mol. The molecule has 38 heavy (non-hydrogen) atoms. The Hall–Kier alpha value is -3.91. The number of benzene rings is 1. The standard InChI is InChI=1S/C30H36N4O4/c1-19(2)28-26(23-14-10-11-15-34(23)32-28)27-24(29(35)37-6)20(3)31-21(4)25(27)30(36)38-17-16-33(5)18-22-12-8-7-9-13-22/h7-15,19,27,31H,16-18H2,1-6H3. The smallest absolute Gasteiger partial charge is 0.336 e. The lowest BCUT2D eigenvalue weighted by atomic mass is 9.78. The van der Waals surface area contributed by atoms with Gasteiger partial charge in [0, 0.05) is 36.2 Å². The van der Waals surface area contributed by atoms with Gasteiger partial charge in [0.25, 0.3) is 0 Å². The van der Waals surface area contributed by atoms with E-state index in [4.69, 9.17) is 14.6 Å². The third-order valence-electron chi connectivity index (χ3n) is 6.83. The van der Waals surface area contributed by atoms with Crippen LogP contribution in [0.25, 0.3) is 5.52 Å². The van der Waals surface area contributed by atoms with E-state index in [0.29, 0.717) is 29.1 Å². The van der Waals surface area contributed by atoms with Crippen LogP contribution in [0, 0.1) is 0 Å². The number of nitrogens with one attached hydrogen (secondary N) is 1. The molecule has 0 amide bonds. The number of carbonyl (C=O) groups excluding carboxylic acids is 2. The molecule has 1 aromatic carbocycles. The number of likely N-dealkylation sites (N-methyl/N-ethyl adjacent to an activating group) is 1. The zero-order valence-electron chi connectivity index (χ0n) is 22.9. The number of rotatable bonds is 9. The molecule has 1 aliphatic rings. The molecule has 0 radical (unpaired) electrons. The van der Waals surface area contributed by atoms with Crippen molar-refractivity contribution in [3.63, 3.8) is 0 Å². The van der Waals surface area contributed by atoms with Gasteiger partial charge in [-0.25, -0.2) is 14.1 Å². The molecule has 2 aromatic heterocycles. The Morgan fingerprint density at radius 3 is 2.34 bits per heavy atom. The van der Waals surface area contributed by atoms with Crippen LogP contribution in [-0.2, 0) is 25.6 Å². The van der Waals surface area contributed by atoms with Crippen molar-refractivity contribution in [2.75, 3.05) is 27.3 Å². The van der Waals surface area contributed by atoms with Crippen LogP contribution >= 0.6 is 0 Å². The molecule has 0 saturated heterocycles. The fourth-order valence-electron chi connectivity index (χ4n) is 5.04. The Bertz CT molecular complexity index is 1390. The number of dihydropyridines is 1. The summed E-state index contributed by atoms with van der Waals surface area (Å²) < 4.78 is 12.8. The van der Waals surface area contributed by atoms with Crippen molar-refractivity contribution in [2.24, 2.45) is 0 Å². The minimum absolute atomic E-state index is 0.0585. The molecule has 1 unspecified atom stereocenters. The molecule has 4 rings (SSSR count). The lowest BCUT2D eigenvalue weighted by Gasteiger charge is -2.30. The number of aromatic nitrogens is 2. The highest BCUT2D eigenvalue weighted by Gasteiger charge is 2.41. The van der Waals surface area contributed by atoms with E-state index in [2.05, 4.69) is 36.2 Å². The van der Waals surface area contributed by atoms with Crippen molar-refractivity contribution in [2.45, 2.75) is 46.1 Å². The summed E-state index contributed by atoms with van der Waals surface area (Å²) in [5.41, 5.74) is 5.71. The molecule has 0 aliphatic carbocycles. The van der Waals surface area contributed by atoms with Crippen LogP contribution in [0.1, 0.15) is 56.4 Å². The largest absolute Gasteiger partial charge is 0.466 e. The van der Waals surface area contributed by atoms with Gasteiger partial charge in [0.15, 0.2) is 0 Å². The lowest BCUT2D eigenvalue weighted by molar-refractivity contribution is -0.139. The predicted octanol–water partition coefficient (Wildman–Crippen LogP) is 4.54. The summed E-state index contributed by atoms with van der Waals surface area (Å²) >= 11 is 0. The van der Waals surface area contributed by atoms with Crippen LogP contribution in [0.3, 0.4) is 0 Å². The van der Waals surface area contributed by atoms with Crippen LogP contribution in [-0.4, -0.2) is 53.8 Å². The third-order valence-corrected chi connectivity index (χ3v) is 6.83. The van der Waals surface area contributed by atoms with Crippen LogP contribution in [0.15, 0.2) is 77.3 Å². The number of esters is 2. The zero-order valence-corrected chi connectivity index (χ0v) is 22.9. The van der Waals surface area contributed by atoms with Crippen molar-refractivity contribution in [3.8, 4) is 0 Å². The topological polar surface area (TPSA) is 85.2 Å². The van der Waals surface area contributed by atoms with E-state index in [9.17, 15) is 9.59 Å². The molecule has 8 heteroatoms. The number of ether oxygens (including phenoxy) is 2. The van der Waals surface area contributed by atoms with Gasteiger partial charge < -0.3 is 14.8 Å². The molecule has 0 saturated carbocycles. The Morgan fingerprint density at radius 2 is 1.68 bits per heavy atom. The molecule has 3 aromatic rings. The van der Waals surface area contributed by atoms with Crippen molar-refractivity contribution >= 4 is 17.5 Å². The first-order valence-electron chi connectivity index (χ1n) is 12.9. The second-order valence-corrected chi connectivity index (χ2v) is 9.97. The highest BCUT2D eigenvalue weighted by atomic mass is 16.5. The number of nitrogens with zero attached hydrogens (tertiary/aromatic N) is 3. The zero-order chi connectivity index (χ0) is 27.4. The van der Waals surface area contributed by atoms with Gasteiger partial charge >= 0.3 is 11.9 Å². The van der Waals surface area contributed by atoms with E-state index < -0.39 is 17.9 Å². The molecule has 0 bridgehead atoms. The minimum Gasteiger partial charge on any atom is -0.466 e. The van der Waals surface area contributed by atoms with Gasteiger partial charge in [-0.15, -0.1) is 0 Å². The summed E-state index contributed by atoms with van der Waals surface area (Å²) in [5.74, 6) is -1.59. The number of methoxy groups -OCH3 is 1. The van der Waals surface area contributed by atoms with Gasteiger partial charge in [0.05, 0.1) is 35.4 Å².